The first kappa shape index (κ1) is 16.3. The molecule has 0 aliphatic carbocycles. The Bertz CT molecular complexity index is 846. The molecule has 0 bridgehead atoms. The van der Waals surface area contributed by atoms with Crippen molar-refractivity contribution in [2.75, 3.05) is 7.05 Å². The molecule has 6 nitrogen and oxygen atoms in total. The Morgan fingerprint density at radius 3 is 2.70 bits per heavy atom. The molecule has 116 valence electrons. The first-order valence-corrected chi connectivity index (χ1v) is 6.81. The van der Waals surface area contributed by atoms with Crippen molar-refractivity contribution in [3.8, 4) is 6.07 Å². The first-order valence-electron chi connectivity index (χ1n) is 6.43. The van der Waals surface area contributed by atoms with E-state index in [9.17, 15) is 14.7 Å². The molecular formula is C16H11ClN2O4. The van der Waals surface area contributed by atoms with Crippen molar-refractivity contribution in [3.05, 3.63) is 64.1 Å². The highest BCUT2D eigenvalue weighted by Crippen LogP contribution is 2.30. The molecule has 2 N–H and O–H groups in total. The lowest BCUT2D eigenvalue weighted by Gasteiger charge is -2.05. The van der Waals surface area contributed by atoms with Crippen LogP contribution in [0.5, 0.6) is 0 Å². The van der Waals surface area contributed by atoms with Gasteiger partial charge in [-0.2, -0.15) is 5.26 Å². The van der Waals surface area contributed by atoms with Crippen LogP contribution < -0.4 is 5.32 Å². The number of hydrogen-bond donors (Lipinski definition) is 2. The summed E-state index contributed by atoms with van der Waals surface area (Å²) in [5, 5.41) is 21.1. The van der Waals surface area contributed by atoms with Crippen molar-refractivity contribution in [2.45, 2.75) is 0 Å². The van der Waals surface area contributed by atoms with Crippen LogP contribution >= 0.6 is 11.6 Å². The maximum absolute atomic E-state index is 11.7. The molecule has 23 heavy (non-hydrogen) atoms. The maximum Gasteiger partial charge on any atom is 0.339 e. The van der Waals surface area contributed by atoms with Gasteiger partial charge in [-0.05, 0) is 17.7 Å². The van der Waals surface area contributed by atoms with E-state index in [0.717, 1.165) is 12.1 Å². The molecule has 0 saturated carbocycles. The van der Waals surface area contributed by atoms with Gasteiger partial charge in [0.2, 0.25) is 0 Å². The second kappa shape index (κ2) is 6.81. The zero-order valence-corrected chi connectivity index (χ0v) is 12.7. The van der Waals surface area contributed by atoms with E-state index in [-0.39, 0.29) is 22.7 Å². The van der Waals surface area contributed by atoms with Crippen LogP contribution in [0.25, 0.3) is 5.57 Å². The molecule has 0 saturated heterocycles. The highest BCUT2D eigenvalue weighted by molar-refractivity contribution is 6.30. The fourth-order valence-electron chi connectivity index (χ4n) is 1.99. The third-order valence-corrected chi connectivity index (χ3v) is 3.24. The molecule has 7 heteroatoms. The van der Waals surface area contributed by atoms with Crippen LogP contribution in [0.1, 0.15) is 32.2 Å². The molecule has 1 heterocycles. The van der Waals surface area contributed by atoms with Gasteiger partial charge >= 0.3 is 5.97 Å². The molecule has 1 amide bonds. The van der Waals surface area contributed by atoms with Gasteiger partial charge in [0.05, 0.1) is 6.07 Å². The average Bonchev–Trinajstić information content (AvgIpc) is 2.97. The smallest absolute Gasteiger partial charge is 0.339 e. The number of nitriles is 1. The fraction of sp³-hybridized carbons (Fsp3) is 0.0625. The van der Waals surface area contributed by atoms with Gasteiger partial charge in [0.1, 0.15) is 5.56 Å². The van der Waals surface area contributed by atoms with E-state index >= 15 is 0 Å². The molecule has 0 radical (unpaired) electrons. The Hall–Kier alpha value is -3.04. The van der Waals surface area contributed by atoms with Crippen molar-refractivity contribution in [1.29, 1.82) is 5.26 Å². The van der Waals surface area contributed by atoms with Crippen LogP contribution in [0.2, 0.25) is 5.02 Å². The number of carboxylic acids is 1. The van der Waals surface area contributed by atoms with Crippen molar-refractivity contribution in [2.24, 2.45) is 0 Å². The normalized spacial score (nSPS) is 10.9. The molecule has 0 spiro atoms. The van der Waals surface area contributed by atoms with E-state index in [1.165, 1.54) is 7.05 Å². The number of nitrogens with zero attached hydrogens (tertiary/aromatic N) is 1. The second-order valence-corrected chi connectivity index (χ2v) is 4.87. The van der Waals surface area contributed by atoms with Crippen molar-refractivity contribution < 1.29 is 19.1 Å². The molecule has 2 aromatic rings. The highest BCUT2D eigenvalue weighted by Gasteiger charge is 2.24. The van der Waals surface area contributed by atoms with Gasteiger partial charge in [-0.3, -0.25) is 4.79 Å². The summed E-state index contributed by atoms with van der Waals surface area (Å²) in [5.41, 5.74) is 0.506. The van der Waals surface area contributed by atoms with Gasteiger partial charge in [-0.15, -0.1) is 0 Å². The van der Waals surface area contributed by atoms with Gasteiger partial charge in [0.15, 0.2) is 11.5 Å². The minimum absolute atomic E-state index is 0.0834. The monoisotopic (exact) mass is 330 g/mol. The van der Waals surface area contributed by atoms with Crippen LogP contribution in [-0.4, -0.2) is 24.0 Å². The Morgan fingerprint density at radius 2 is 2.13 bits per heavy atom. The Labute approximate surface area is 136 Å². The Kier molecular flexibility index (Phi) is 4.84. The first-order chi connectivity index (χ1) is 11.0. The number of carbonyl (C=O) groups is 2. The van der Waals surface area contributed by atoms with Gasteiger partial charge in [0.25, 0.3) is 5.91 Å². The molecule has 0 aliphatic rings. The second-order valence-electron chi connectivity index (χ2n) is 4.44. The predicted molar refractivity (Wildman–Crippen MR) is 83.2 cm³/mol. The number of benzene rings is 1. The van der Waals surface area contributed by atoms with Crippen molar-refractivity contribution >= 4 is 29.1 Å². The summed E-state index contributed by atoms with van der Waals surface area (Å²) in [6.07, 6.45) is 1.14. The van der Waals surface area contributed by atoms with E-state index < -0.39 is 11.9 Å². The lowest BCUT2D eigenvalue weighted by molar-refractivity contribution is 0.0695. The van der Waals surface area contributed by atoms with Crippen LogP contribution in [0.15, 0.2) is 40.8 Å². The number of furan rings is 1. The fourth-order valence-corrected chi connectivity index (χ4v) is 2.18. The summed E-state index contributed by atoms with van der Waals surface area (Å²) in [5.74, 6) is -2.09. The third-order valence-electron chi connectivity index (χ3n) is 3.00. The van der Waals surface area contributed by atoms with E-state index in [1.807, 2.05) is 6.07 Å². The molecule has 0 fully saturated rings. The number of aromatic carboxylic acids is 1. The van der Waals surface area contributed by atoms with Crippen LogP contribution in [0.3, 0.4) is 0 Å². The van der Waals surface area contributed by atoms with Gasteiger partial charge in [-0.25, -0.2) is 4.79 Å². The van der Waals surface area contributed by atoms with Crippen molar-refractivity contribution in [1.82, 2.24) is 5.32 Å². The molecule has 0 unspecified atom stereocenters. The predicted octanol–water partition coefficient (Wildman–Crippen LogP) is 2.95. The summed E-state index contributed by atoms with van der Waals surface area (Å²) in [7, 11) is 1.40. The SMILES string of the molecule is CNC(=O)c1cc(C(=O)O)c(C(=CC#N)c2cccc(Cl)c2)o1. The average molecular weight is 331 g/mol. The minimum atomic E-state index is -1.27. The summed E-state index contributed by atoms with van der Waals surface area (Å²) < 4.78 is 5.38. The molecule has 2 rings (SSSR count). The minimum Gasteiger partial charge on any atom is -0.478 e. The molecule has 1 aromatic heterocycles. The van der Waals surface area contributed by atoms with Crippen LogP contribution in [-0.2, 0) is 0 Å². The van der Waals surface area contributed by atoms with Crippen LogP contribution in [0, 0.1) is 11.3 Å². The quantitative estimate of drug-likeness (QED) is 0.839. The molecule has 0 aliphatic heterocycles. The lowest BCUT2D eigenvalue weighted by atomic mass is 10.0. The van der Waals surface area contributed by atoms with Gasteiger partial charge in [-0.1, -0.05) is 23.7 Å². The van der Waals surface area contributed by atoms with Gasteiger partial charge < -0.3 is 14.8 Å². The Morgan fingerprint density at radius 1 is 1.39 bits per heavy atom. The number of rotatable bonds is 4. The highest BCUT2D eigenvalue weighted by atomic mass is 35.5. The number of halogens is 1. The summed E-state index contributed by atoms with van der Waals surface area (Å²) >= 11 is 5.94. The maximum atomic E-state index is 11.7. The standard InChI is InChI=1S/C16H11ClN2O4/c1-19-15(20)13-8-12(16(21)22)14(23-13)11(5-6-18)9-3-2-4-10(17)7-9/h2-5,7-8H,1H3,(H,19,20)(H,21,22). The van der Waals surface area contributed by atoms with Crippen molar-refractivity contribution in [3.63, 3.8) is 0 Å². The zero-order chi connectivity index (χ0) is 17.0. The largest absolute Gasteiger partial charge is 0.478 e. The molecular weight excluding hydrogens is 320 g/mol. The number of nitrogens with one attached hydrogen (secondary N) is 1. The number of hydrogen-bond acceptors (Lipinski definition) is 4. The molecule has 0 atom stereocenters. The molecule has 1 aromatic carbocycles. The van der Waals surface area contributed by atoms with E-state index in [2.05, 4.69) is 5.32 Å². The summed E-state index contributed by atoms with van der Waals surface area (Å²) in [4.78, 5) is 23.1. The zero-order valence-electron chi connectivity index (χ0n) is 12.0. The van der Waals surface area contributed by atoms with Gasteiger partial charge in [0, 0.05) is 29.8 Å². The number of allylic oxidation sites excluding steroid dienone is 1. The summed E-state index contributed by atoms with van der Waals surface area (Å²) in [6.45, 7) is 0. The number of carboxylic acid groups (broad SMARTS) is 1. The van der Waals surface area contributed by atoms with E-state index in [0.29, 0.717) is 10.6 Å². The summed E-state index contributed by atoms with van der Waals surface area (Å²) in [6, 6.07) is 9.49. The van der Waals surface area contributed by atoms with E-state index in [1.54, 1.807) is 24.3 Å². The third kappa shape index (κ3) is 3.42. The van der Waals surface area contributed by atoms with E-state index in [4.69, 9.17) is 21.3 Å². The van der Waals surface area contributed by atoms with Crippen LogP contribution in [0.4, 0.5) is 0 Å². The number of carbonyl (C=O) groups excluding carboxylic acids is 1. The Balaban J connectivity index is 2.67. The number of amides is 1. The lowest BCUT2D eigenvalue weighted by Crippen LogP contribution is -2.16. The topological polar surface area (TPSA) is 103 Å².